The summed E-state index contributed by atoms with van der Waals surface area (Å²) in [7, 11) is 0. The predicted octanol–water partition coefficient (Wildman–Crippen LogP) is 4.36. The molecule has 1 saturated carbocycles. The number of hydrogen-bond donors (Lipinski definition) is 2. The summed E-state index contributed by atoms with van der Waals surface area (Å²) >= 11 is 0. The molecule has 4 aromatic rings. The summed E-state index contributed by atoms with van der Waals surface area (Å²) < 4.78 is 36.3. The second-order valence-corrected chi connectivity index (χ2v) is 10.4. The van der Waals surface area contributed by atoms with Gasteiger partial charge in [-0.2, -0.15) is 0 Å². The maximum atomic E-state index is 15.0. The maximum absolute atomic E-state index is 15.0. The molecule has 2 aromatic carbocycles. The zero-order valence-corrected chi connectivity index (χ0v) is 22.8. The van der Waals surface area contributed by atoms with Gasteiger partial charge >= 0.3 is 11.7 Å². The number of likely N-dealkylation sites (tertiary alicyclic amines) is 1. The van der Waals surface area contributed by atoms with Crippen molar-refractivity contribution < 1.29 is 23.1 Å². The molecule has 0 spiro atoms. The van der Waals surface area contributed by atoms with Crippen molar-refractivity contribution in [1.82, 2.24) is 19.0 Å². The number of anilines is 2. The molecule has 1 saturated heterocycles. The SMILES string of the molecule is O=C(Nc1ccc(Oc2ccnc(NC(=O)N3CCC3)c2)c(F)c1)c1cn(CC2CC2)c(=O)n(-c2ccc(F)cc2)c1=O. The van der Waals surface area contributed by atoms with Gasteiger partial charge in [-0.15, -0.1) is 0 Å². The van der Waals surface area contributed by atoms with Crippen LogP contribution in [-0.4, -0.2) is 44.0 Å². The number of halogens is 2. The van der Waals surface area contributed by atoms with Gasteiger partial charge in [-0.3, -0.25) is 19.5 Å². The number of rotatable bonds is 8. The fourth-order valence-electron chi connectivity index (χ4n) is 4.52. The van der Waals surface area contributed by atoms with Gasteiger partial charge in [0.15, 0.2) is 11.6 Å². The Hall–Kier alpha value is -5.33. The summed E-state index contributed by atoms with van der Waals surface area (Å²) in [6.45, 7) is 1.66. The van der Waals surface area contributed by atoms with Gasteiger partial charge < -0.3 is 15.0 Å². The van der Waals surface area contributed by atoms with Crippen molar-refractivity contribution in [3.05, 3.63) is 105 Å². The van der Waals surface area contributed by atoms with Crippen LogP contribution in [0.15, 0.2) is 76.6 Å². The van der Waals surface area contributed by atoms with Crippen molar-refractivity contribution >= 4 is 23.4 Å². The first-order valence-electron chi connectivity index (χ1n) is 13.7. The highest BCUT2D eigenvalue weighted by Crippen LogP contribution is 2.30. The lowest BCUT2D eigenvalue weighted by molar-refractivity contribution is 0.102. The Bertz CT molecular complexity index is 1830. The molecule has 2 fully saturated rings. The standard InChI is InChI=1S/C30H26F2N6O5/c31-19-4-7-21(8-5-19)38-28(40)23(17-37(30(38)42)16-18-2-3-18)27(39)34-20-6-9-25(24(32)14-20)43-22-10-11-33-26(15-22)35-29(41)36-12-1-13-36/h4-11,14-15,17-18H,1-3,12-13,16H2,(H,34,39)(H,33,35,41). The molecule has 0 atom stereocenters. The van der Waals surface area contributed by atoms with Gasteiger partial charge in [0.2, 0.25) is 0 Å². The quantitative estimate of drug-likeness (QED) is 0.315. The monoisotopic (exact) mass is 588 g/mol. The van der Waals surface area contributed by atoms with Crippen LogP contribution in [-0.2, 0) is 6.54 Å². The average Bonchev–Trinajstić information content (AvgIpc) is 3.76. The number of benzene rings is 2. The fraction of sp³-hybridized carbons (Fsp3) is 0.233. The predicted molar refractivity (Wildman–Crippen MR) is 153 cm³/mol. The maximum Gasteiger partial charge on any atom is 0.335 e. The Labute approximate surface area is 243 Å². The molecule has 220 valence electrons. The van der Waals surface area contributed by atoms with E-state index in [-0.39, 0.29) is 46.2 Å². The van der Waals surface area contributed by atoms with Crippen LogP contribution in [0.4, 0.5) is 25.1 Å². The number of carbonyl (C=O) groups excluding carboxylic acids is 2. The smallest absolute Gasteiger partial charge is 0.335 e. The van der Waals surface area contributed by atoms with Crippen molar-refractivity contribution in [2.75, 3.05) is 23.7 Å². The van der Waals surface area contributed by atoms with E-state index in [9.17, 15) is 23.6 Å². The highest BCUT2D eigenvalue weighted by atomic mass is 19.1. The molecule has 2 aliphatic rings. The minimum Gasteiger partial charge on any atom is -0.454 e. The third kappa shape index (κ3) is 6.15. The number of pyridine rings is 1. The van der Waals surface area contributed by atoms with Crippen LogP contribution in [0, 0.1) is 17.6 Å². The van der Waals surface area contributed by atoms with E-state index in [0.29, 0.717) is 19.6 Å². The summed E-state index contributed by atoms with van der Waals surface area (Å²) in [5.74, 6) is -1.63. The topological polar surface area (TPSA) is 128 Å². The van der Waals surface area contributed by atoms with Crippen molar-refractivity contribution in [1.29, 1.82) is 0 Å². The van der Waals surface area contributed by atoms with Crippen molar-refractivity contribution in [3.63, 3.8) is 0 Å². The van der Waals surface area contributed by atoms with Crippen LogP contribution in [0.5, 0.6) is 11.5 Å². The first-order chi connectivity index (χ1) is 20.7. The molecule has 43 heavy (non-hydrogen) atoms. The first kappa shape index (κ1) is 27.8. The van der Waals surface area contributed by atoms with Gasteiger partial charge in [0.1, 0.15) is 22.9 Å². The molecule has 0 radical (unpaired) electrons. The lowest BCUT2D eigenvalue weighted by Crippen LogP contribution is -2.44. The Morgan fingerprint density at radius 3 is 2.42 bits per heavy atom. The summed E-state index contributed by atoms with van der Waals surface area (Å²) in [4.78, 5) is 57.5. The lowest BCUT2D eigenvalue weighted by Gasteiger charge is -2.30. The summed E-state index contributed by atoms with van der Waals surface area (Å²) in [5, 5.41) is 5.16. The van der Waals surface area contributed by atoms with E-state index < -0.39 is 28.8 Å². The highest BCUT2D eigenvalue weighted by molar-refractivity contribution is 6.03. The van der Waals surface area contributed by atoms with Crippen LogP contribution >= 0.6 is 0 Å². The molecule has 11 nitrogen and oxygen atoms in total. The van der Waals surface area contributed by atoms with E-state index >= 15 is 4.39 Å². The number of hydrogen-bond acceptors (Lipinski definition) is 6. The third-order valence-corrected chi connectivity index (χ3v) is 7.16. The molecule has 1 aliphatic carbocycles. The third-order valence-electron chi connectivity index (χ3n) is 7.16. The van der Waals surface area contributed by atoms with Crippen LogP contribution in [0.3, 0.4) is 0 Å². The van der Waals surface area contributed by atoms with Gasteiger partial charge in [-0.25, -0.2) is 27.9 Å². The molecule has 1 aliphatic heterocycles. The summed E-state index contributed by atoms with van der Waals surface area (Å²) in [6.07, 6.45) is 5.40. The molecule has 3 amide bonds. The molecule has 3 heterocycles. The minimum atomic E-state index is -0.892. The van der Waals surface area contributed by atoms with Crippen LogP contribution in [0.25, 0.3) is 5.69 Å². The largest absolute Gasteiger partial charge is 0.454 e. The molecule has 2 aromatic heterocycles. The second-order valence-electron chi connectivity index (χ2n) is 10.4. The fourth-order valence-corrected chi connectivity index (χ4v) is 4.52. The van der Waals surface area contributed by atoms with E-state index in [2.05, 4.69) is 15.6 Å². The van der Waals surface area contributed by atoms with E-state index in [1.807, 2.05) is 0 Å². The molecular weight excluding hydrogens is 562 g/mol. The molecule has 0 unspecified atom stereocenters. The summed E-state index contributed by atoms with van der Waals surface area (Å²) in [6, 6.07) is 11.2. The van der Waals surface area contributed by atoms with Gasteiger partial charge in [-0.1, -0.05) is 0 Å². The van der Waals surface area contributed by atoms with Crippen molar-refractivity contribution in [2.24, 2.45) is 5.92 Å². The molecule has 13 heteroatoms. The van der Waals surface area contributed by atoms with Gasteiger partial charge in [0.05, 0.1) is 5.69 Å². The van der Waals surface area contributed by atoms with E-state index in [4.69, 9.17) is 4.74 Å². The van der Waals surface area contributed by atoms with E-state index in [1.54, 1.807) is 4.90 Å². The van der Waals surface area contributed by atoms with Crippen molar-refractivity contribution in [2.45, 2.75) is 25.8 Å². The van der Waals surface area contributed by atoms with E-state index in [1.165, 1.54) is 53.4 Å². The number of urea groups is 1. The Morgan fingerprint density at radius 1 is 0.977 bits per heavy atom. The molecule has 6 rings (SSSR count). The minimum absolute atomic E-state index is 0.0414. The average molecular weight is 589 g/mol. The van der Waals surface area contributed by atoms with Gasteiger partial charge in [0.25, 0.3) is 11.5 Å². The second kappa shape index (κ2) is 11.5. The number of carbonyl (C=O) groups is 2. The van der Waals surface area contributed by atoms with Gasteiger partial charge in [0, 0.05) is 49.8 Å². The zero-order valence-electron chi connectivity index (χ0n) is 22.8. The normalized spacial score (nSPS) is 14.1. The molecular formula is C30H26F2N6O5. The number of nitrogens with zero attached hydrogens (tertiary/aromatic N) is 4. The van der Waals surface area contributed by atoms with Crippen LogP contribution in [0.1, 0.15) is 29.6 Å². The number of nitrogens with one attached hydrogen (secondary N) is 2. The van der Waals surface area contributed by atoms with E-state index in [0.717, 1.165) is 42.0 Å². The molecule has 0 bridgehead atoms. The lowest BCUT2D eigenvalue weighted by atomic mass is 10.2. The summed E-state index contributed by atoms with van der Waals surface area (Å²) in [5.41, 5.74) is -1.72. The Balaban J connectivity index is 1.21. The highest BCUT2D eigenvalue weighted by Gasteiger charge is 2.26. The van der Waals surface area contributed by atoms with Crippen molar-refractivity contribution in [3.8, 4) is 17.2 Å². The number of aromatic nitrogens is 3. The number of ether oxygens (including phenoxy) is 1. The zero-order chi connectivity index (χ0) is 30.1. The Morgan fingerprint density at radius 2 is 1.74 bits per heavy atom. The molecule has 2 N–H and O–H groups in total. The number of amides is 3. The Kier molecular flexibility index (Phi) is 7.45. The van der Waals surface area contributed by atoms with Crippen LogP contribution < -0.4 is 26.6 Å². The van der Waals surface area contributed by atoms with Gasteiger partial charge in [-0.05, 0) is 67.6 Å². The van der Waals surface area contributed by atoms with Crippen LogP contribution in [0.2, 0.25) is 0 Å². The first-order valence-corrected chi connectivity index (χ1v) is 13.7.